The Labute approximate surface area is 132 Å². The molecular formula is C16H30F2N2O2. The van der Waals surface area contributed by atoms with Gasteiger partial charge in [-0.3, -0.25) is 0 Å². The van der Waals surface area contributed by atoms with Crippen LogP contribution in [0.15, 0.2) is 0 Å². The molecule has 130 valence electrons. The Hall–Kier alpha value is -0.910. The summed E-state index contributed by atoms with van der Waals surface area (Å²) < 4.78 is 32.2. The Morgan fingerprint density at radius 3 is 2.36 bits per heavy atom. The molecule has 6 heteroatoms. The highest BCUT2D eigenvalue weighted by atomic mass is 19.3. The summed E-state index contributed by atoms with van der Waals surface area (Å²) in [4.78, 5) is 11.4. The topological polar surface area (TPSA) is 50.4 Å². The lowest BCUT2D eigenvalue weighted by Crippen LogP contribution is -2.45. The van der Waals surface area contributed by atoms with Crippen LogP contribution in [0.3, 0.4) is 0 Å². The minimum atomic E-state index is -2.97. The lowest BCUT2D eigenvalue weighted by molar-refractivity contribution is -0.00365. The standard InChI is InChI=1S/C16H30F2N2O2/c1-15(2,3)22-14(21)20-12-16(17,18)11-19-10-9-13-7-5-4-6-8-13/h13,19H,4-12H2,1-3H3,(H,20,21). The van der Waals surface area contributed by atoms with Gasteiger partial charge in [0, 0.05) is 0 Å². The number of nitrogens with one attached hydrogen (secondary N) is 2. The number of carbonyl (C=O) groups excluding carboxylic acids is 1. The minimum absolute atomic E-state index is 0.421. The molecule has 0 aromatic rings. The summed E-state index contributed by atoms with van der Waals surface area (Å²) in [6.45, 7) is 4.55. The van der Waals surface area contributed by atoms with Gasteiger partial charge in [-0.15, -0.1) is 0 Å². The van der Waals surface area contributed by atoms with Crippen molar-refractivity contribution in [2.75, 3.05) is 19.6 Å². The zero-order valence-electron chi connectivity index (χ0n) is 14.0. The molecule has 0 atom stereocenters. The second-order valence-corrected chi connectivity index (χ2v) is 7.18. The summed E-state index contributed by atoms with van der Waals surface area (Å²) in [6.07, 6.45) is 6.42. The van der Waals surface area contributed by atoms with Crippen LogP contribution in [0.5, 0.6) is 0 Å². The van der Waals surface area contributed by atoms with Gasteiger partial charge < -0.3 is 15.4 Å². The number of hydrogen-bond acceptors (Lipinski definition) is 3. The van der Waals surface area contributed by atoms with E-state index < -0.39 is 30.7 Å². The normalized spacial score (nSPS) is 17.3. The number of ether oxygens (including phenoxy) is 1. The smallest absolute Gasteiger partial charge is 0.407 e. The molecule has 1 saturated carbocycles. The number of amides is 1. The molecule has 0 unspecified atom stereocenters. The summed E-state index contributed by atoms with van der Waals surface area (Å²) in [5.74, 6) is -2.29. The van der Waals surface area contributed by atoms with Gasteiger partial charge in [0.05, 0.1) is 13.1 Å². The Morgan fingerprint density at radius 2 is 1.77 bits per heavy atom. The lowest BCUT2D eigenvalue weighted by Gasteiger charge is -2.23. The van der Waals surface area contributed by atoms with Gasteiger partial charge >= 0.3 is 6.09 Å². The van der Waals surface area contributed by atoms with Crippen molar-refractivity contribution in [3.05, 3.63) is 0 Å². The van der Waals surface area contributed by atoms with Gasteiger partial charge in [0.2, 0.25) is 0 Å². The van der Waals surface area contributed by atoms with Crippen LogP contribution in [0.2, 0.25) is 0 Å². The van der Waals surface area contributed by atoms with Crippen molar-refractivity contribution in [3.8, 4) is 0 Å². The van der Waals surface area contributed by atoms with E-state index in [4.69, 9.17) is 4.74 Å². The van der Waals surface area contributed by atoms with Crippen molar-refractivity contribution in [2.24, 2.45) is 5.92 Å². The van der Waals surface area contributed by atoms with E-state index in [0.717, 1.165) is 6.42 Å². The monoisotopic (exact) mass is 320 g/mol. The summed E-state index contributed by atoms with van der Waals surface area (Å²) in [5, 5.41) is 4.92. The van der Waals surface area contributed by atoms with Crippen LogP contribution in [-0.2, 0) is 4.74 Å². The van der Waals surface area contributed by atoms with Crippen LogP contribution < -0.4 is 10.6 Å². The second-order valence-electron chi connectivity index (χ2n) is 7.18. The third-order valence-electron chi connectivity index (χ3n) is 3.73. The Kier molecular flexibility index (Phi) is 7.53. The molecule has 0 heterocycles. The molecule has 0 aliphatic heterocycles. The quantitative estimate of drug-likeness (QED) is 0.703. The van der Waals surface area contributed by atoms with Crippen molar-refractivity contribution >= 4 is 6.09 Å². The number of hydrogen-bond donors (Lipinski definition) is 2. The van der Waals surface area contributed by atoms with E-state index in [-0.39, 0.29) is 0 Å². The first-order valence-corrected chi connectivity index (χ1v) is 8.23. The first-order chi connectivity index (χ1) is 10.2. The maximum Gasteiger partial charge on any atom is 0.407 e. The number of alkyl carbamates (subject to hydrolysis) is 1. The van der Waals surface area contributed by atoms with Crippen molar-refractivity contribution < 1.29 is 18.3 Å². The maximum absolute atomic E-state index is 13.6. The zero-order valence-corrected chi connectivity index (χ0v) is 14.0. The van der Waals surface area contributed by atoms with Crippen LogP contribution >= 0.6 is 0 Å². The Bertz CT molecular complexity index is 338. The van der Waals surface area contributed by atoms with E-state index in [9.17, 15) is 13.6 Å². The highest BCUT2D eigenvalue weighted by Crippen LogP contribution is 2.25. The molecule has 0 aromatic heterocycles. The molecule has 4 nitrogen and oxygen atoms in total. The first kappa shape index (κ1) is 19.1. The number of rotatable bonds is 7. The summed E-state index contributed by atoms with van der Waals surface area (Å²) in [5.41, 5.74) is -0.683. The van der Waals surface area contributed by atoms with Gasteiger partial charge in [-0.2, -0.15) is 0 Å². The van der Waals surface area contributed by atoms with Gasteiger partial charge in [-0.05, 0) is 39.7 Å². The van der Waals surface area contributed by atoms with Crippen LogP contribution in [0, 0.1) is 5.92 Å². The van der Waals surface area contributed by atoms with E-state index in [2.05, 4.69) is 10.6 Å². The Balaban J connectivity index is 2.13. The van der Waals surface area contributed by atoms with Crippen molar-refractivity contribution in [2.45, 2.75) is 70.8 Å². The highest BCUT2D eigenvalue weighted by molar-refractivity contribution is 5.67. The molecule has 1 fully saturated rings. The fourth-order valence-electron chi connectivity index (χ4n) is 2.63. The van der Waals surface area contributed by atoms with Crippen LogP contribution in [-0.4, -0.2) is 37.3 Å². The molecule has 1 amide bonds. The minimum Gasteiger partial charge on any atom is -0.444 e. The van der Waals surface area contributed by atoms with E-state index in [1.807, 2.05) is 0 Å². The number of halogens is 2. The summed E-state index contributed by atoms with van der Waals surface area (Å²) in [6, 6.07) is 0. The van der Waals surface area contributed by atoms with Crippen LogP contribution in [0.25, 0.3) is 0 Å². The molecule has 0 spiro atoms. The lowest BCUT2D eigenvalue weighted by atomic mass is 9.87. The zero-order chi connectivity index (χ0) is 16.6. The molecule has 0 saturated heterocycles. The third kappa shape index (κ3) is 9.18. The molecule has 0 bridgehead atoms. The Morgan fingerprint density at radius 1 is 1.14 bits per heavy atom. The van der Waals surface area contributed by atoms with E-state index in [1.165, 1.54) is 32.1 Å². The second kappa shape index (κ2) is 8.65. The fourth-order valence-corrected chi connectivity index (χ4v) is 2.63. The predicted molar refractivity (Wildman–Crippen MR) is 83.2 cm³/mol. The van der Waals surface area contributed by atoms with Crippen molar-refractivity contribution in [1.82, 2.24) is 10.6 Å². The average Bonchev–Trinajstić information content (AvgIpc) is 2.41. The highest BCUT2D eigenvalue weighted by Gasteiger charge is 2.30. The predicted octanol–water partition coefficient (Wildman–Crippen LogP) is 3.71. The summed E-state index contributed by atoms with van der Waals surface area (Å²) in [7, 11) is 0. The third-order valence-corrected chi connectivity index (χ3v) is 3.73. The number of alkyl halides is 2. The van der Waals surface area contributed by atoms with Gasteiger partial charge in [0.1, 0.15) is 5.60 Å². The van der Waals surface area contributed by atoms with Crippen LogP contribution in [0.4, 0.5) is 13.6 Å². The summed E-state index contributed by atoms with van der Waals surface area (Å²) >= 11 is 0. The van der Waals surface area contributed by atoms with Crippen LogP contribution in [0.1, 0.15) is 59.3 Å². The maximum atomic E-state index is 13.6. The molecule has 0 radical (unpaired) electrons. The van der Waals surface area contributed by atoms with Gasteiger partial charge in [0.25, 0.3) is 5.92 Å². The number of carbonyl (C=O) groups is 1. The van der Waals surface area contributed by atoms with E-state index >= 15 is 0 Å². The van der Waals surface area contributed by atoms with Gasteiger partial charge in [0.15, 0.2) is 0 Å². The molecule has 2 N–H and O–H groups in total. The SMILES string of the molecule is CC(C)(C)OC(=O)NCC(F)(F)CNCCC1CCCCC1. The first-order valence-electron chi connectivity index (χ1n) is 8.23. The molecule has 0 aromatic carbocycles. The molecular weight excluding hydrogens is 290 g/mol. The molecule has 22 heavy (non-hydrogen) atoms. The van der Waals surface area contributed by atoms with E-state index in [0.29, 0.717) is 12.5 Å². The average molecular weight is 320 g/mol. The van der Waals surface area contributed by atoms with Gasteiger partial charge in [-0.25, -0.2) is 13.6 Å². The fraction of sp³-hybridized carbons (Fsp3) is 0.938. The van der Waals surface area contributed by atoms with Crippen molar-refractivity contribution in [3.63, 3.8) is 0 Å². The largest absolute Gasteiger partial charge is 0.444 e. The molecule has 1 aliphatic rings. The molecule has 1 aliphatic carbocycles. The van der Waals surface area contributed by atoms with E-state index in [1.54, 1.807) is 20.8 Å². The van der Waals surface area contributed by atoms with Gasteiger partial charge in [-0.1, -0.05) is 32.1 Å². The van der Waals surface area contributed by atoms with Crippen molar-refractivity contribution in [1.29, 1.82) is 0 Å². The molecule has 1 rings (SSSR count).